The molecule has 1 aliphatic heterocycles. The molecular weight excluding hydrogens is 360 g/mol. The van der Waals surface area contributed by atoms with Crippen molar-refractivity contribution in [2.24, 2.45) is 5.92 Å². The van der Waals surface area contributed by atoms with Crippen molar-refractivity contribution in [1.82, 2.24) is 4.90 Å². The molecule has 3 rings (SSSR count). The van der Waals surface area contributed by atoms with Crippen LogP contribution in [0.2, 0.25) is 5.02 Å². The third kappa shape index (κ3) is 4.64. The SMILES string of the molecule is O=C(COC(=O)[C@H]1CC(=O)N(Cc2ccco2)C1)Nc1cccc(Cl)c1. The first-order valence-electron chi connectivity index (χ1n) is 8.03. The lowest BCUT2D eigenvalue weighted by Gasteiger charge is -2.14. The zero-order valence-electron chi connectivity index (χ0n) is 13.8. The van der Waals surface area contributed by atoms with E-state index in [1.807, 2.05) is 0 Å². The van der Waals surface area contributed by atoms with Gasteiger partial charge >= 0.3 is 5.97 Å². The number of carbonyl (C=O) groups excluding carboxylic acids is 3. The lowest BCUT2D eigenvalue weighted by Crippen LogP contribution is -2.28. The summed E-state index contributed by atoms with van der Waals surface area (Å²) in [6.45, 7) is 0.132. The minimum absolute atomic E-state index is 0.0649. The fourth-order valence-electron chi connectivity index (χ4n) is 2.69. The molecular formula is C18H17ClN2O5. The summed E-state index contributed by atoms with van der Waals surface area (Å²) in [6, 6.07) is 10.1. The van der Waals surface area contributed by atoms with Gasteiger partial charge in [-0.2, -0.15) is 0 Å². The Balaban J connectivity index is 1.46. The first kappa shape index (κ1) is 18.0. The fourth-order valence-corrected chi connectivity index (χ4v) is 2.88. The molecule has 136 valence electrons. The van der Waals surface area contributed by atoms with Gasteiger partial charge in [-0.3, -0.25) is 14.4 Å². The monoisotopic (exact) mass is 376 g/mol. The first-order valence-corrected chi connectivity index (χ1v) is 8.41. The Kier molecular flexibility index (Phi) is 5.58. The number of likely N-dealkylation sites (tertiary alicyclic amines) is 1. The number of nitrogens with one attached hydrogen (secondary N) is 1. The van der Waals surface area contributed by atoms with Crippen LogP contribution in [0.1, 0.15) is 12.2 Å². The molecule has 2 amide bonds. The highest BCUT2D eigenvalue weighted by molar-refractivity contribution is 6.30. The molecule has 0 aliphatic carbocycles. The molecule has 1 atom stereocenters. The number of hydrogen-bond donors (Lipinski definition) is 1. The highest BCUT2D eigenvalue weighted by Crippen LogP contribution is 2.21. The molecule has 0 unspecified atom stereocenters. The number of furan rings is 1. The van der Waals surface area contributed by atoms with Crippen molar-refractivity contribution in [1.29, 1.82) is 0 Å². The number of anilines is 1. The predicted octanol–water partition coefficient (Wildman–Crippen LogP) is 2.46. The largest absolute Gasteiger partial charge is 0.467 e. The number of carbonyl (C=O) groups is 3. The Bertz CT molecular complexity index is 806. The van der Waals surface area contributed by atoms with Gasteiger partial charge in [-0.1, -0.05) is 17.7 Å². The molecule has 0 saturated carbocycles. The number of ether oxygens (including phenoxy) is 1. The van der Waals surface area contributed by atoms with E-state index in [-0.39, 0.29) is 18.9 Å². The van der Waals surface area contributed by atoms with Crippen molar-refractivity contribution in [2.75, 3.05) is 18.5 Å². The zero-order valence-corrected chi connectivity index (χ0v) is 14.6. The smallest absolute Gasteiger partial charge is 0.311 e. The summed E-state index contributed by atoms with van der Waals surface area (Å²) in [5.41, 5.74) is 0.513. The second-order valence-electron chi connectivity index (χ2n) is 5.92. The van der Waals surface area contributed by atoms with Crippen molar-refractivity contribution in [2.45, 2.75) is 13.0 Å². The van der Waals surface area contributed by atoms with Crippen molar-refractivity contribution >= 4 is 35.1 Å². The van der Waals surface area contributed by atoms with Crippen molar-refractivity contribution in [3.05, 3.63) is 53.4 Å². The molecule has 1 N–H and O–H groups in total. The van der Waals surface area contributed by atoms with Gasteiger partial charge in [0.1, 0.15) is 5.76 Å². The standard InChI is InChI=1S/C18H17ClN2O5/c19-13-3-1-4-14(8-13)20-16(22)11-26-18(24)12-7-17(23)21(9-12)10-15-5-2-6-25-15/h1-6,8,12H,7,9-11H2,(H,20,22)/t12-/m0/s1. The molecule has 1 aliphatic rings. The van der Waals surface area contributed by atoms with E-state index in [9.17, 15) is 14.4 Å². The van der Waals surface area contributed by atoms with Gasteiger partial charge in [0, 0.05) is 23.7 Å². The van der Waals surface area contributed by atoms with Crippen molar-refractivity contribution < 1.29 is 23.5 Å². The predicted molar refractivity (Wildman–Crippen MR) is 93.3 cm³/mol. The number of rotatable bonds is 6. The Labute approximate surface area is 154 Å². The summed E-state index contributed by atoms with van der Waals surface area (Å²) in [6.07, 6.45) is 1.59. The van der Waals surface area contributed by atoms with E-state index in [0.717, 1.165) is 0 Å². The van der Waals surface area contributed by atoms with E-state index in [4.69, 9.17) is 20.8 Å². The molecule has 2 aromatic rings. The maximum atomic E-state index is 12.1. The molecule has 0 radical (unpaired) electrons. The Morgan fingerprint density at radius 1 is 1.31 bits per heavy atom. The Morgan fingerprint density at radius 2 is 2.15 bits per heavy atom. The van der Waals surface area contributed by atoms with E-state index >= 15 is 0 Å². The molecule has 0 bridgehead atoms. The van der Waals surface area contributed by atoms with Crippen LogP contribution in [0.15, 0.2) is 47.1 Å². The quantitative estimate of drug-likeness (QED) is 0.782. The van der Waals surface area contributed by atoms with Crippen LogP contribution in [0.25, 0.3) is 0 Å². The van der Waals surface area contributed by atoms with Crippen LogP contribution < -0.4 is 5.32 Å². The van der Waals surface area contributed by atoms with Gasteiger partial charge in [-0.05, 0) is 30.3 Å². The second kappa shape index (κ2) is 8.05. The summed E-state index contributed by atoms with van der Waals surface area (Å²) < 4.78 is 10.2. The van der Waals surface area contributed by atoms with E-state index in [0.29, 0.717) is 23.0 Å². The number of hydrogen-bond acceptors (Lipinski definition) is 5. The van der Waals surface area contributed by atoms with Gasteiger partial charge in [0.25, 0.3) is 5.91 Å². The van der Waals surface area contributed by atoms with Crippen molar-refractivity contribution in [3.8, 4) is 0 Å². The van der Waals surface area contributed by atoms with E-state index < -0.39 is 24.4 Å². The van der Waals surface area contributed by atoms with Gasteiger partial charge in [-0.25, -0.2) is 0 Å². The van der Waals surface area contributed by atoms with E-state index in [2.05, 4.69) is 5.32 Å². The van der Waals surface area contributed by atoms with Crippen LogP contribution in [0.5, 0.6) is 0 Å². The average molecular weight is 377 g/mol. The third-order valence-electron chi connectivity index (χ3n) is 3.93. The molecule has 2 heterocycles. The van der Waals surface area contributed by atoms with E-state index in [1.165, 1.54) is 11.2 Å². The van der Waals surface area contributed by atoms with Crippen LogP contribution in [0.4, 0.5) is 5.69 Å². The molecule has 1 saturated heterocycles. The summed E-state index contributed by atoms with van der Waals surface area (Å²) >= 11 is 5.84. The summed E-state index contributed by atoms with van der Waals surface area (Å²) in [5, 5.41) is 3.07. The summed E-state index contributed by atoms with van der Waals surface area (Å²) in [5.74, 6) is -1.13. The molecule has 0 spiro atoms. The van der Waals surface area contributed by atoms with Gasteiger partial charge in [0.05, 0.1) is 18.7 Å². The number of nitrogens with zero attached hydrogens (tertiary/aromatic N) is 1. The van der Waals surface area contributed by atoms with Crippen molar-refractivity contribution in [3.63, 3.8) is 0 Å². The van der Waals surface area contributed by atoms with Gasteiger partial charge in [0.2, 0.25) is 5.91 Å². The minimum Gasteiger partial charge on any atom is -0.467 e. The van der Waals surface area contributed by atoms with Crippen LogP contribution in [0.3, 0.4) is 0 Å². The second-order valence-corrected chi connectivity index (χ2v) is 6.36. The van der Waals surface area contributed by atoms with Crippen LogP contribution in [-0.4, -0.2) is 35.8 Å². The highest BCUT2D eigenvalue weighted by Gasteiger charge is 2.35. The Hall–Kier alpha value is -2.80. The van der Waals surface area contributed by atoms with Crippen LogP contribution in [-0.2, 0) is 25.7 Å². The third-order valence-corrected chi connectivity index (χ3v) is 4.16. The normalized spacial score (nSPS) is 16.6. The molecule has 1 fully saturated rings. The fraction of sp³-hybridized carbons (Fsp3) is 0.278. The lowest BCUT2D eigenvalue weighted by atomic mass is 10.1. The maximum Gasteiger partial charge on any atom is 0.311 e. The van der Waals surface area contributed by atoms with E-state index in [1.54, 1.807) is 36.4 Å². The maximum absolute atomic E-state index is 12.1. The zero-order chi connectivity index (χ0) is 18.5. The molecule has 26 heavy (non-hydrogen) atoms. The number of esters is 1. The summed E-state index contributed by atoms with van der Waals surface area (Å²) in [7, 11) is 0. The van der Waals surface area contributed by atoms with Gasteiger partial charge in [0.15, 0.2) is 6.61 Å². The Morgan fingerprint density at radius 3 is 2.88 bits per heavy atom. The number of halogens is 1. The molecule has 1 aromatic heterocycles. The average Bonchev–Trinajstić information content (AvgIpc) is 3.23. The minimum atomic E-state index is -0.587. The number of amides is 2. The van der Waals surface area contributed by atoms with Gasteiger partial charge < -0.3 is 19.4 Å². The molecule has 7 nitrogen and oxygen atoms in total. The van der Waals surface area contributed by atoms with Gasteiger partial charge in [-0.15, -0.1) is 0 Å². The molecule has 8 heteroatoms. The number of benzene rings is 1. The van der Waals surface area contributed by atoms with Crippen LogP contribution in [0, 0.1) is 5.92 Å². The molecule has 1 aromatic carbocycles. The van der Waals surface area contributed by atoms with Crippen LogP contribution >= 0.6 is 11.6 Å². The lowest BCUT2D eigenvalue weighted by molar-refractivity contribution is -0.151. The topological polar surface area (TPSA) is 88.9 Å². The highest BCUT2D eigenvalue weighted by atomic mass is 35.5. The first-order chi connectivity index (χ1) is 12.5. The summed E-state index contributed by atoms with van der Waals surface area (Å²) in [4.78, 5) is 37.5.